The molecule has 38 heavy (non-hydrogen) atoms. The summed E-state index contributed by atoms with van der Waals surface area (Å²) in [5.74, 6) is -3.12. The summed E-state index contributed by atoms with van der Waals surface area (Å²) in [6.07, 6.45) is 3.52. The number of carboxylic acid groups (broad SMARTS) is 1. The van der Waals surface area contributed by atoms with Crippen LogP contribution in [0.25, 0.3) is 21.8 Å². The second kappa shape index (κ2) is 11.6. The van der Waals surface area contributed by atoms with Crippen LogP contribution >= 0.6 is 0 Å². The van der Waals surface area contributed by atoms with Crippen LogP contribution in [0.15, 0.2) is 60.9 Å². The van der Waals surface area contributed by atoms with Crippen LogP contribution in [0.3, 0.4) is 0 Å². The number of carbonyl (C=O) groups is 4. The maximum Gasteiger partial charge on any atom is 0.326 e. The van der Waals surface area contributed by atoms with Crippen molar-refractivity contribution in [2.75, 3.05) is 0 Å². The number of fused-ring (bicyclic) bond motifs is 2. The lowest BCUT2D eigenvalue weighted by atomic mass is 10.0. The largest absolute Gasteiger partial charge is 0.480 e. The van der Waals surface area contributed by atoms with Gasteiger partial charge in [0, 0.05) is 53.5 Å². The number of carboxylic acids is 1. The average Bonchev–Trinajstić information content (AvgIpc) is 3.50. The predicted molar refractivity (Wildman–Crippen MR) is 142 cm³/mol. The number of nitrogens with two attached hydrogens (primary N) is 2. The van der Waals surface area contributed by atoms with Crippen LogP contribution < -0.4 is 22.1 Å². The van der Waals surface area contributed by atoms with Crippen LogP contribution in [0, 0.1) is 0 Å². The number of carbonyl (C=O) groups excluding carboxylic acids is 3. The van der Waals surface area contributed by atoms with Crippen LogP contribution in [0.2, 0.25) is 0 Å². The Balaban J connectivity index is 1.55. The van der Waals surface area contributed by atoms with Gasteiger partial charge in [0.05, 0.1) is 6.04 Å². The molecular weight excluding hydrogens is 488 g/mol. The zero-order valence-electron chi connectivity index (χ0n) is 20.6. The summed E-state index contributed by atoms with van der Waals surface area (Å²) in [5.41, 5.74) is 14.3. The number of primary amides is 1. The molecular formula is C27H30N6O5. The van der Waals surface area contributed by atoms with Crippen LogP contribution in [0.4, 0.5) is 0 Å². The van der Waals surface area contributed by atoms with Crippen molar-refractivity contribution in [1.29, 1.82) is 0 Å². The third-order valence-electron chi connectivity index (χ3n) is 6.48. The van der Waals surface area contributed by atoms with Crippen molar-refractivity contribution >= 4 is 45.5 Å². The number of nitrogens with one attached hydrogen (secondary N) is 4. The number of hydrogen-bond donors (Lipinski definition) is 7. The van der Waals surface area contributed by atoms with Crippen molar-refractivity contribution < 1.29 is 24.3 Å². The maximum atomic E-state index is 13.4. The topological polar surface area (TPSA) is 196 Å². The second-order valence-corrected chi connectivity index (χ2v) is 9.20. The molecule has 0 unspecified atom stereocenters. The fourth-order valence-electron chi connectivity index (χ4n) is 4.43. The first-order valence-corrected chi connectivity index (χ1v) is 12.2. The van der Waals surface area contributed by atoms with Gasteiger partial charge in [-0.3, -0.25) is 14.4 Å². The Kier molecular flexibility index (Phi) is 8.07. The van der Waals surface area contributed by atoms with Crippen molar-refractivity contribution in [3.8, 4) is 0 Å². The zero-order valence-corrected chi connectivity index (χ0v) is 20.6. The lowest BCUT2D eigenvalue weighted by molar-refractivity contribution is -0.142. The van der Waals surface area contributed by atoms with Gasteiger partial charge in [-0.15, -0.1) is 0 Å². The molecule has 0 saturated carbocycles. The van der Waals surface area contributed by atoms with E-state index < -0.39 is 41.8 Å². The molecule has 198 valence electrons. The third kappa shape index (κ3) is 6.19. The van der Waals surface area contributed by atoms with Crippen molar-refractivity contribution in [1.82, 2.24) is 20.6 Å². The highest BCUT2D eigenvalue weighted by atomic mass is 16.4. The Morgan fingerprint density at radius 1 is 0.789 bits per heavy atom. The maximum absolute atomic E-state index is 13.4. The van der Waals surface area contributed by atoms with Crippen molar-refractivity contribution in [3.63, 3.8) is 0 Å². The molecule has 0 aliphatic carbocycles. The minimum Gasteiger partial charge on any atom is -0.480 e. The molecule has 2 aromatic carbocycles. The highest BCUT2D eigenvalue weighted by Crippen LogP contribution is 2.21. The Bertz CT molecular complexity index is 1470. The van der Waals surface area contributed by atoms with Gasteiger partial charge < -0.3 is 37.2 Å². The van der Waals surface area contributed by atoms with Gasteiger partial charge >= 0.3 is 5.97 Å². The second-order valence-electron chi connectivity index (χ2n) is 9.20. The van der Waals surface area contributed by atoms with Gasteiger partial charge in [0.25, 0.3) is 0 Å². The number of rotatable bonds is 12. The summed E-state index contributed by atoms with van der Waals surface area (Å²) >= 11 is 0. The molecule has 0 spiro atoms. The van der Waals surface area contributed by atoms with Crippen LogP contribution in [-0.4, -0.2) is 56.9 Å². The molecule has 0 radical (unpaired) electrons. The van der Waals surface area contributed by atoms with Gasteiger partial charge in [0.15, 0.2) is 0 Å². The Hall–Kier alpha value is -4.64. The van der Waals surface area contributed by atoms with Crippen LogP contribution in [0.5, 0.6) is 0 Å². The number of hydrogen-bond acceptors (Lipinski definition) is 5. The van der Waals surface area contributed by atoms with E-state index in [0.29, 0.717) is 0 Å². The molecule has 0 aliphatic rings. The first-order valence-electron chi connectivity index (χ1n) is 12.2. The van der Waals surface area contributed by atoms with E-state index in [9.17, 15) is 24.3 Å². The molecule has 4 rings (SSSR count). The molecule has 0 aliphatic heterocycles. The number of para-hydroxylation sites is 2. The SMILES string of the molecule is NC(=O)CC[C@H](N)C(=O)N[C@@H](Cc1c[nH]c2ccccc12)C(=O)N[C@@H](Cc1c[nH]c2ccccc12)C(=O)O. The average molecular weight is 519 g/mol. The molecule has 9 N–H and O–H groups in total. The molecule has 11 heteroatoms. The number of amides is 3. The van der Waals surface area contributed by atoms with Gasteiger partial charge in [-0.05, 0) is 29.7 Å². The molecule has 11 nitrogen and oxygen atoms in total. The molecule has 0 bridgehead atoms. The minimum absolute atomic E-state index is 0.0148. The predicted octanol–water partition coefficient (Wildman–Crippen LogP) is 1.08. The monoisotopic (exact) mass is 518 g/mol. The lowest BCUT2D eigenvalue weighted by Crippen LogP contribution is -2.55. The lowest BCUT2D eigenvalue weighted by Gasteiger charge is -2.23. The minimum atomic E-state index is -1.24. The molecule has 2 aromatic heterocycles. The Labute approximate surface area is 218 Å². The molecule has 3 amide bonds. The van der Waals surface area contributed by atoms with Gasteiger partial charge in [0.1, 0.15) is 12.1 Å². The first-order chi connectivity index (χ1) is 18.2. The highest BCUT2D eigenvalue weighted by molar-refractivity contribution is 5.93. The van der Waals surface area contributed by atoms with E-state index in [1.165, 1.54) is 0 Å². The van der Waals surface area contributed by atoms with E-state index in [-0.39, 0.29) is 25.7 Å². The standard InChI is InChI=1S/C27H30N6O5/c28-19(9-10-24(29)34)25(35)32-22(11-15-13-30-20-7-3-1-5-17(15)20)26(36)33-23(27(37)38)12-16-14-31-21-8-4-2-6-18(16)21/h1-8,13-14,19,22-23,30-31H,9-12,28H2,(H2,29,34)(H,32,35)(H,33,36)(H,37,38)/t19-,22-,23-/m0/s1. The molecule has 4 aromatic rings. The third-order valence-corrected chi connectivity index (χ3v) is 6.48. The van der Waals surface area contributed by atoms with Gasteiger partial charge in [-0.25, -0.2) is 4.79 Å². The molecule has 3 atom stereocenters. The molecule has 0 saturated heterocycles. The summed E-state index contributed by atoms with van der Waals surface area (Å²) in [7, 11) is 0. The van der Waals surface area contributed by atoms with E-state index in [2.05, 4.69) is 20.6 Å². The van der Waals surface area contributed by atoms with Crippen LogP contribution in [-0.2, 0) is 32.0 Å². The quantitative estimate of drug-likeness (QED) is 0.146. The Morgan fingerprint density at radius 3 is 1.82 bits per heavy atom. The fourth-order valence-corrected chi connectivity index (χ4v) is 4.43. The van der Waals surface area contributed by atoms with E-state index in [4.69, 9.17) is 11.5 Å². The van der Waals surface area contributed by atoms with Crippen molar-refractivity contribution in [2.45, 2.75) is 43.8 Å². The fraction of sp³-hybridized carbons (Fsp3) is 0.259. The van der Waals surface area contributed by atoms with E-state index in [1.54, 1.807) is 12.4 Å². The van der Waals surface area contributed by atoms with Gasteiger partial charge in [-0.2, -0.15) is 0 Å². The number of H-pyrrole nitrogens is 2. The van der Waals surface area contributed by atoms with Crippen molar-refractivity contribution in [3.05, 3.63) is 72.1 Å². The van der Waals surface area contributed by atoms with Gasteiger partial charge in [0.2, 0.25) is 17.7 Å². The number of aromatic amines is 2. The van der Waals surface area contributed by atoms with E-state index in [0.717, 1.165) is 32.9 Å². The zero-order chi connectivity index (χ0) is 27.2. The number of benzene rings is 2. The van der Waals surface area contributed by atoms with E-state index >= 15 is 0 Å². The summed E-state index contributed by atoms with van der Waals surface area (Å²) in [6, 6.07) is 11.5. The Morgan fingerprint density at radius 2 is 1.29 bits per heavy atom. The summed E-state index contributed by atoms with van der Waals surface area (Å²) in [4.78, 5) is 55.6. The molecule has 2 heterocycles. The van der Waals surface area contributed by atoms with Crippen molar-refractivity contribution in [2.24, 2.45) is 11.5 Å². The summed E-state index contributed by atoms with van der Waals surface area (Å²) in [6.45, 7) is 0. The summed E-state index contributed by atoms with van der Waals surface area (Å²) < 4.78 is 0. The molecule has 0 fully saturated rings. The summed E-state index contributed by atoms with van der Waals surface area (Å²) in [5, 5.41) is 16.8. The van der Waals surface area contributed by atoms with Gasteiger partial charge in [-0.1, -0.05) is 36.4 Å². The number of aliphatic carboxylic acids is 1. The van der Waals surface area contributed by atoms with Crippen LogP contribution in [0.1, 0.15) is 24.0 Å². The van der Waals surface area contributed by atoms with E-state index in [1.807, 2.05) is 48.5 Å². The highest BCUT2D eigenvalue weighted by Gasteiger charge is 2.29. The smallest absolute Gasteiger partial charge is 0.326 e. The first kappa shape index (κ1) is 26.4. The normalized spacial score (nSPS) is 13.6. The number of aromatic nitrogens is 2.